The standard InChI is InChI=1S/C21H24N2O/c1-4-19(23-17(3)18-11-6-5-7-12-18)14-15-22-21(24)20-13-9-8-10-16(20)2/h4-13H,14-15H2,1-3H3,(H,22,24)/b19-4-,23-17?. The molecule has 1 amide bonds. The highest BCUT2D eigenvalue weighted by Crippen LogP contribution is 2.09. The molecule has 0 aliphatic rings. The van der Waals surface area contributed by atoms with Gasteiger partial charge in [0.05, 0.1) is 0 Å². The second-order valence-corrected chi connectivity index (χ2v) is 5.66. The lowest BCUT2D eigenvalue weighted by Gasteiger charge is -2.08. The summed E-state index contributed by atoms with van der Waals surface area (Å²) in [6, 6.07) is 17.7. The molecule has 24 heavy (non-hydrogen) atoms. The van der Waals surface area contributed by atoms with Gasteiger partial charge in [0.15, 0.2) is 0 Å². The molecule has 2 aromatic carbocycles. The largest absolute Gasteiger partial charge is 0.352 e. The molecule has 2 rings (SSSR count). The van der Waals surface area contributed by atoms with Gasteiger partial charge in [-0.15, -0.1) is 0 Å². The maximum absolute atomic E-state index is 12.2. The number of rotatable bonds is 6. The van der Waals surface area contributed by atoms with Crippen molar-refractivity contribution in [1.29, 1.82) is 0 Å². The summed E-state index contributed by atoms with van der Waals surface area (Å²) >= 11 is 0. The number of nitrogens with one attached hydrogen (secondary N) is 1. The van der Waals surface area contributed by atoms with Gasteiger partial charge in [-0.1, -0.05) is 54.6 Å². The molecule has 0 saturated carbocycles. The van der Waals surface area contributed by atoms with Gasteiger partial charge in [0.1, 0.15) is 0 Å². The van der Waals surface area contributed by atoms with Crippen LogP contribution in [0.5, 0.6) is 0 Å². The maximum Gasteiger partial charge on any atom is 0.251 e. The lowest BCUT2D eigenvalue weighted by Crippen LogP contribution is -2.25. The third-order valence-electron chi connectivity index (χ3n) is 3.89. The van der Waals surface area contributed by atoms with E-state index in [2.05, 4.69) is 10.3 Å². The average molecular weight is 320 g/mol. The van der Waals surface area contributed by atoms with Crippen LogP contribution >= 0.6 is 0 Å². The first-order valence-corrected chi connectivity index (χ1v) is 8.21. The summed E-state index contributed by atoms with van der Waals surface area (Å²) in [5.41, 5.74) is 4.78. The van der Waals surface area contributed by atoms with Crippen molar-refractivity contribution in [2.75, 3.05) is 6.54 Å². The van der Waals surface area contributed by atoms with Crippen molar-refractivity contribution in [2.45, 2.75) is 27.2 Å². The molecular weight excluding hydrogens is 296 g/mol. The molecule has 0 spiro atoms. The Morgan fingerprint density at radius 3 is 2.42 bits per heavy atom. The molecule has 0 aromatic heterocycles. The van der Waals surface area contributed by atoms with Crippen LogP contribution in [-0.2, 0) is 0 Å². The van der Waals surface area contributed by atoms with E-state index < -0.39 is 0 Å². The first kappa shape index (κ1) is 17.7. The van der Waals surface area contributed by atoms with E-state index in [1.807, 2.05) is 81.4 Å². The van der Waals surface area contributed by atoms with Gasteiger partial charge in [-0.25, -0.2) is 0 Å². The van der Waals surface area contributed by atoms with E-state index in [4.69, 9.17) is 0 Å². The van der Waals surface area contributed by atoms with Crippen LogP contribution in [0, 0.1) is 6.92 Å². The quantitative estimate of drug-likeness (QED) is 0.781. The molecule has 0 bridgehead atoms. The van der Waals surface area contributed by atoms with E-state index in [0.717, 1.165) is 28.1 Å². The molecule has 0 heterocycles. The highest BCUT2D eigenvalue weighted by Gasteiger charge is 2.07. The number of hydrogen-bond donors (Lipinski definition) is 1. The van der Waals surface area contributed by atoms with Crippen molar-refractivity contribution >= 4 is 11.6 Å². The molecule has 124 valence electrons. The topological polar surface area (TPSA) is 41.5 Å². The highest BCUT2D eigenvalue weighted by molar-refractivity contribution is 5.99. The smallest absolute Gasteiger partial charge is 0.251 e. The first-order chi connectivity index (χ1) is 11.6. The number of carbonyl (C=O) groups is 1. The van der Waals surface area contributed by atoms with Crippen LogP contribution in [0.1, 0.15) is 41.8 Å². The normalized spacial score (nSPS) is 12.1. The minimum atomic E-state index is -0.0349. The van der Waals surface area contributed by atoms with Crippen molar-refractivity contribution in [3.63, 3.8) is 0 Å². The molecule has 0 radical (unpaired) electrons. The maximum atomic E-state index is 12.2. The zero-order valence-corrected chi connectivity index (χ0v) is 14.5. The minimum absolute atomic E-state index is 0.0349. The molecule has 0 unspecified atom stereocenters. The minimum Gasteiger partial charge on any atom is -0.352 e. The molecule has 0 atom stereocenters. The van der Waals surface area contributed by atoms with Crippen molar-refractivity contribution in [2.24, 2.45) is 4.99 Å². The van der Waals surface area contributed by atoms with Crippen LogP contribution in [0.3, 0.4) is 0 Å². The first-order valence-electron chi connectivity index (χ1n) is 8.21. The summed E-state index contributed by atoms with van der Waals surface area (Å²) in [5.74, 6) is -0.0349. The molecule has 0 aliphatic carbocycles. The molecule has 0 fully saturated rings. The van der Waals surface area contributed by atoms with Crippen LogP contribution in [-0.4, -0.2) is 18.2 Å². The zero-order valence-electron chi connectivity index (χ0n) is 14.5. The van der Waals surface area contributed by atoms with Gasteiger partial charge in [-0.2, -0.15) is 0 Å². The predicted molar refractivity (Wildman–Crippen MR) is 101 cm³/mol. The van der Waals surface area contributed by atoms with Crippen LogP contribution in [0.2, 0.25) is 0 Å². The highest BCUT2D eigenvalue weighted by atomic mass is 16.1. The number of benzene rings is 2. The second-order valence-electron chi connectivity index (χ2n) is 5.66. The van der Waals surface area contributed by atoms with E-state index in [1.54, 1.807) is 0 Å². The average Bonchev–Trinajstić information content (AvgIpc) is 2.61. The van der Waals surface area contributed by atoms with Gasteiger partial charge in [0.2, 0.25) is 0 Å². The number of aliphatic imine (C=N–C) groups is 1. The van der Waals surface area contributed by atoms with Gasteiger partial charge in [-0.3, -0.25) is 9.79 Å². The van der Waals surface area contributed by atoms with Crippen LogP contribution in [0.25, 0.3) is 0 Å². The number of amides is 1. The Bertz CT molecular complexity index is 745. The SMILES string of the molecule is C/C=C(/CCNC(=O)c1ccccc1C)N=C(C)c1ccccc1. The number of aryl methyl sites for hydroxylation is 1. The number of carbonyl (C=O) groups excluding carboxylic acids is 1. The Morgan fingerprint density at radius 1 is 1.08 bits per heavy atom. The third-order valence-corrected chi connectivity index (χ3v) is 3.89. The summed E-state index contributed by atoms with van der Waals surface area (Å²) in [7, 11) is 0. The van der Waals surface area contributed by atoms with Gasteiger partial charge < -0.3 is 5.32 Å². The van der Waals surface area contributed by atoms with Crippen molar-refractivity contribution in [1.82, 2.24) is 5.32 Å². The van der Waals surface area contributed by atoms with E-state index in [9.17, 15) is 4.79 Å². The Kier molecular flexibility index (Phi) is 6.50. The fourth-order valence-corrected chi connectivity index (χ4v) is 2.45. The van der Waals surface area contributed by atoms with Gasteiger partial charge >= 0.3 is 0 Å². The summed E-state index contributed by atoms with van der Waals surface area (Å²) in [4.78, 5) is 16.9. The summed E-state index contributed by atoms with van der Waals surface area (Å²) in [6.45, 7) is 6.49. The van der Waals surface area contributed by atoms with Crippen LogP contribution in [0.4, 0.5) is 0 Å². The van der Waals surface area contributed by atoms with E-state index >= 15 is 0 Å². The van der Waals surface area contributed by atoms with Gasteiger partial charge in [0, 0.05) is 29.9 Å². The lowest BCUT2D eigenvalue weighted by atomic mass is 10.1. The zero-order chi connectivity index (χ0) is 17.4. The molecule has 1 N–H and O–H groups in total. The third kappa shape index (κ3) is 4.92. The van der Waals surface area contributed by atoms with Crippen molar-refractivity contribution in [3.8, 4) is 0 Å². The van der Waals surface area contributed by atoms with Crippen LogP contribution in [0.15, 0.2) is 71.4 Å². The fraction of sp³-hybridized carbons (Fsp3) is 0.238. The summed E-state index contributed by atoms with van der Waals surface area (Å²) < 4.78 is 0. The summed E-state index contributed by atoms with van der Waals surface area (Å²) in [6.07, 6.45) is 2.70. The Morgan fingerprint density at radius 2 is 1.75 bits per heavy atom. The Balaban J connectivity index is 1.93. The summed E-state index contributed by atoms with van der Waals surface area (Å²) in [5, 5.41) is 2.97. The molecule has 3 heteroatoms. The Hall–Kier alpha value is -2.68. The van der Waals surface area contributed by atoms with Gasteiger partial charge in [0.25, 0.3) is 5.91 Å². The number of hydrogen-bond acceptors (Lipinski definition) is 2. The fourth-order valence-electron chi connectivity index (χ4n) is 2.45. The van der Waals surface area contributed by atoms with Crippen molar-refractivity contribution in [3.05, 3.63) is 83.1 Å². The number of nitrogens with zero attached hydrogens (tertiary/aromatic N) is 1. The Labute approximate surface area is 144 Å². The molecule has 0 saturated heterocycles. The van der Waals surface area contributed by atoms with E-state index in [1.165, 1.54) is 0 Å². The molecular formula is C21H24N2O. The second kappa shape index (κ2) is 8.82. The monoisotopic (exact) mass is 320 g/mol. The molecule has 2 aromatic rings. The predicted octanol–water partition coefficient (Wildman–Crippen LogP) is 4.53. The van der Waals surface area contributed by atoms with Crippen LogP contribution < -0.4 is 5.32 Å². The van der Waals surface area contributed by atoms with E-state index in [-0.39, 0.29) is 5.91 Å². The number of allylic oxidation sites excluding steroid dienone is 1. The molecule has 3 nitrogen and oxygen atoms in total. The van der Waals surface area contributed by atoms with Gasteiger partial charge in [-0.05, 0) is 38.0 Å². The lowest BCUT2D eigenvalue weighted by molar-refractivity contribution is 0.0953. The van der Waals surface area contributed by atoms with E-state index in [0.29, 0.717) is 13.0 Å². The van der Waals surface area contributed by atoms with Crippen molar-refractivity contribution < 1.29 is 4.79 Å². The molecule has 0 aliphatic heterocycles.